The van der Waals surface area contributed by atoms with Crippen LogP contribution in [-0.4, -0.2) is 39.5 Å². The number of hydrogen-bond donors (Lipinski definition) is 1. The van der Waals surface area contributed by atoms with Gasteiger partial charge in [-0.3, -0.25) is 9.58 Å². The fraction of sp³-hybridized carbons (Fsp3) is 0.438. The molecule has 0 aliphatic carbocycles. The molecule has 0 spiro atoms. The van der Waals surface area contributed by atoms with Crippen LogP contribution in [0.1, 0.15) is 27.9 Å². The molecule has 4 nitrogen and oxygen atoms in total. The molecule has 0 aromatic carbocycles. The molecule has 0 saturated carbocycles. The van der Waals surface area contributed by atoms with Gasteiger partial charge >= 0.3 is 0 Å². The summed E-state index contributed by atoms with van der Waals surface area (Å²) in [4.78, 5) is 3.75. The number of thiophene rings is 1. The summed E-state index contributed by atoms with van der Waals surface area (Å²) in [5, 5.41) is 15.3. The second-order valence-electron chi connectivity index (χ2n) is 5.48. The van der Waals surface area contributed by atoms with Crippen molar-refractivity contribution in [3.8, 4) is 11.8 Å². The van der Waals surface area contributed by atoms with Crippen LogP contribution in [0, 0.1) is 25.7 Å². The summed E-state index contributed by atoms with van der Waals surface area (Å²) in [6, 6.07) is 4.75. The maximum atomic E-state index is 8.70. The molecule has 0 atom stereocenters. The molecule has 2 aromatic rings. The minimum absolute atomic E-state index is 0.0817. The third-order valence-corrected chi connectivity index (χ3v) is 4.59. The van der Waals surface area contributed by atoms with Gasteiger partial charge in [-0.15, -0.1) is 11.3 Å². The first-order valence-corrected chi connectivity index (χ1v) is 7.96. The minimum atomic E-state index is -0.0817. The van der Waals surface area contributed by atoms with Crippen molar-refractivity contribution in [2.24, 2.45) is 0 Å². The van der Waals surface area contributed by atoms with Gasteiger partial charge in [-0.2, -0.15) is 5.10 Å². The van der Waals surface area contributed by atoms with Gasteiger partial charge in [0.25, 0.3) is 0 Å². The summed E-state index contributed by atoms with van der Waals surface area (Å²) >= 11 is 1.73. The third kappa shape index (κ3) is 3.18. The Bertz CT molecular complexity index is 686. The van der Waals surface area contributed by atoms with E-state index in [1.54, 1.807) is 11.3 Å². The topological polar surface area (TPSA) is 41.3 Å². The number of aliphatic hydroxyl groups is 1. The van der Waals surface area contributed by atoms with Gasteiger partial charge in [0, 0.05) is 41.1 Å². The first-order valence-electron chi connectivity index (χ1n) is 7.08. The van der Waals surface area contributed by atoms with Gasteiger partial charge in [0.05, 0.1) is 11.7 Å². The van der Waals surface area contributed by atoms with Gasteiger partial charge in [0.2, 0.25) is 0 Å². The highest BCUT2D eigenvalue weighted by molar-refractivity contribution is 7.10. The predicted molar refractivity (Wildman–Crippen MR) is 84.3 cm³/mol. The molecule has 1 fully saturated rings. The lowest BCUT2D eigenvalue weighted by Crippen LogP contribution is -2.47. The SMILES string of the molecule is Cc1cc(C)n(C2CN(Cc3cc(C#CCO)cs3)C2)n1. The van der Waals surface area contributed by atoms with Crippen LogP contribution in [0.25, 0.3) is 0 Å². The number of nitrogens with zero attached hydrogens (tertiary/aromatic N) is 3. The van der Waals surface area contributed by atoms with E-state index in [0.717, 1.165) is 30.9 Å². The van der Waals surface area contributed by atoms with Gasteiger partial charge in [0.15, 0.2) is 0 Å². The normalized spacial score (nSPS) is 15.6. The number of aliphatic hydroxyl groups excluding tert-OH is 1. The van der Waals surface area contributed by atoms with E-state index >= 15 is 0 Å². The van der Waals surface area contributed by atoms with Crippen molar-refractivity contribution in [1.82, 2.24) is 14.7 Å². The average Bonchev–Trinajstić information content (AvgIpc) is 2.97. The maximum absolute atomic E-state index is 8.70. The number of rotatable bonds is 3. The Balaban J connectivity index is 1.55. The number of aromatic nitrogens is 2. The molecule has 3 heterocycles. The zero-order valence-corrected chi connectivity index (χ0v) is 13.2. The molecule has 0 radical (unpaired) electrons. The maximum Gasteiger partial charge on any atom is 0.104 e. The number of hydrogen-bond acceptors (Lipinski definition) is 4. The van der Waals surface area contributed by atoms with Crippen molar-refractivity contribution in [3.05, 3.63) is 39.3 Å². The summed E-state index contributed by atoms with van der Waals surface area (Å²) in [6.45, 7) is 7.16. The first kappa shape index (κ1) is 14.3. The molecule has 5 heteroatoms. The smallest absolute Gasteiger partial charge is 0.104 e. The van der Waals surface area contributed by atoms with Crippen LogP contribution in [0.5, 0.6) is 0 Å². The molecule has 0 amide bonds. The Labute approximate surface area is 129 Å². The monoisotopic (exact) mass is 301 g/mol. The Hall–Kier alpha value is -1.61. The fourth-order valence-corrected chi connectivity index (χ4v) is 3.59. The number of aryl methyl sites for hydroxylation is 2. The zero-order chi connectivity index (χ0) is 14.8. The standard InChI is InChI=1S/C16H19N3OS/c1-12-6-13(2)19(17-12)15-8-18(9-15)10-16-7-14(11-21-16)4-3-5-20/h6-7,11,15,20H,5,8-10H2,1-2H3. The molecule has 0 bridgehead atoms. The minimum Gasteiger partial charge on any atom is -0.384 e. The van der Waals surface area contributed by atoms with Crippen molar-refractivity contribution in [3.63, 3.8) is 0 Å². The molecule has 0 unspecified atom stereocenters. The van der Waals surface area contributed by atoms with Crippen molar-refractivity contribution in [2.75, 3.05) is 19.7 Å². The summed E-state index contributed by atoms with van der Waals surface area (Å²) < 4.78 is 2.15. The van der Waals surface area contributed by atoms with Gasteiger partial charge in [0.1, 0.15) is 6.61 Å². The number of likely N-dealkylation sites (tertiary alicyclic amines) is 1. The van der Waals surface area contributed by atoms with Gasteiger partial charge in [-0.25, -0.2) is 0 Å². The van der Waals surface area contributed by atoms with E-state index in [0.29, 0.717) is 6.04 Å². The van der Waals surface area contributed by atoms with E-state index in [1.165, 1.54) is 10.6 Å². The molecule has 3 rings (SSSR count). The quantitative estimate of drug-likeness (QED) is 0.881. The van der Waals surface area contributed by atoms with Gasteiger partial charge < -0.3 is 5.11 Å². The van der Waals surface area contributed by atoms with Crippen LogP contribution in [0.15, 0.2) is 17.5 Å². The Morgan fingerprint density at radius 1 is 1.38 bits per heavy atom. The summed E-state index contributed by atoms with van der Waals surface area (Å²) in [5.41, 5.74) is 3.34. The van der Waals surface area contributed by atoms with Crippen LogP contribution in [0.2, 0.25) is 0 Å². The fourth-order valence-electron chi connectivity index (χ4n) is 2.73. The van der Waals surface area contributed by atoms with E-state index in [4.69, 9.17) is 5.11 Å². The average molecular weight is 301 g/mol. The Kier molecular flexibility index (Phi) is 4.11. The Morgan fingerprint density at radius 3 is 2.86 bits per heavy atom. The van der Waals surface area contributed by atoms with Crippen LogP contribution in [0.3, 0.4) is 0 Å². The van der Waals surface area contributed by atoms with E-state index < -0.39 is 0 Å². The van der Waals surface area contributed by atoms with Crippen LogP contribution in [-0.2, 0) is 6.54 Å². The third-order valence-electron chi connectivity index (χ3n) is 3.67. The van der Waals surface area contributed by atoms with Crippen molar-refractivity contribution >= 4 is 11.3 Å². The van der Waals surface area contributed by atoms with Crippen molar-refractivity contribution in [2.45, 2.75) is 26.4 Å². The lowest BCUT2D eigenvalue weighted by Gasteiger charge is -2.39. The van der Waals surface area contributed by atoms with Crippen LogP contribution >= 0.6 is 11.3 Å². The second-order valence-corrected chi connectivity index (χ2v) is 6.48. The van der Waals surface area contributed by atoms with Crippen LogP contribution < -0.4 is 0 Å². The predicted octanol–water partition coefficient (Wildman–Crippen LogP) is 1.96. The van der Waals surface area contributed by atoms with Gasteiger partial charge in [-0.05, 0) is 26.0 Å². The highest BCUT2D eigenvalue weighted by atomic mass is 32.1. The first-order chi connectivity index (χ1) is 10.2. The van der Waals surface area contributed by atoms with Gasteiger partial charge in [-0.1, -0.05) is 11.8 Å². The summed E-state index contributed by atoms with van der Waals surface area (Å²) in [5.74, 6) is 5.63. The molecule has 2 aromatic heterocycles. The Morgan fingerprint density at radius 2 is 2.19 bits per heavy atom. The van der Waals surface area contributed by atoms with E-state index in [2.05, 4.69) is 51.0 Å². The van der Waals surface area contributed by atoms with Crippen molar-refractivity contribution in [1.29, 1.82) is 0 Å². The molecule has 110 valence electrons. The molecular weight excluding hydrogens is 282 g/mol. The zero-order valence-electron chi connectivity index (χ0n) is 12.3. The molecule has 1 saturated heterocycles. The van der Waals surface area contributed by atoms with E-state index in [9.17, 15) is 0 Å². The summed E-state index contributed by atoms with van der Waals surface area (Å²) in [7, 11) is 0. The lowest BCUT2D eigenvalue weighted by atomic mass is 10.1. The second kappa shape index (κ2) is 6.02. The molecule has 1 aliphatic rings. The van der Waals surface area contributed by atoms with Crippen LogP contribution in [0.4, 0.5) is 0 Å². The highest BCUT2D eigenvalue weighted by Gasteiger charge is 2.29. The summed E-state index contributed by atoms with van der Waals surface area (Å²) in [6.07, 6.45) is 0. The highest BCUT2D eigenvalue weighted by Crippen LogP contribution is 2.26. The molecular formula is C16H19N3OS. The lowest BCUT2D eigenvalue weighted by molar-refractivity contribution is 0.0904. The molecule has 1 N–H and O–H groups in total. The molecule has 21 heavy (non-hydrogen) atoms. The molecule has 1 aliphatic heterocycles. The largest absolute Gasteiger partial charge is 0.384 e. The van der Waals surface area contributed by atoms with E-state index in [-0.39, 0.29) is 6.61 Å². The van der Waals surface area contributed by atoms with Crippen molar-refractivity contribution < 1.29 is 5.11 Å². The van der Waals surface area contributed by atoms with E-state index in [1.807, 2.05) is 6.92 Å².